The fourth-order valence-electron chi connectivity index (χ4n) is 1.46. The average Bonchev–Trinajstić information content (AvgIpc) is 2.73. The Kier molecular flexibility index (Phi) is 6.48. The molecule has 1 heterocycles. The first-order valence-corrected chi connectivity index (χ1v) is 7.91. The summed E-state index contributed by atoms with van der Waals surface area (Å²) in [4.78, 5) is 17.0. The first kappa shape index (κ1) is 17.0. The summed E-state index contributed by atoms with van der Waals surface area (Å²) in [5, 5.41) is 9.04. The topological polar surface area (TPSA) is 65.5 Å². The van der Waals surface area contributed by atoms with E-state index in [1.165, 1.54) is 4.88 Å². The molecule has 0 aliphatic carbocycles. The lowest BCUT2D eigenvalue weighted by atomic mass is 10.1. The highest BCUT2D eigenvalue weighted by Crippen LogP contribution is 2.21. The molecule has 112 valence electrons. The molecule has 3 N–H and O–H groups in total. The van der Waals surface area contributed by atoms with Gasteiger partial charge in [-0.2, -0.15) is 0 Å². The van der Waals surface area contributed by atoms with Gasteiger partial charge in [-0.3, -0.25) is 9.79 Å². The predicted molar refractivity (Wildman–Crippen MR) is 88.1 cm³/mol. The van der Waals surface area contributed by atoms with Crippen LogP contribution in [-0.4, -0.2) is 31.0 Å². The monoisotopic (exact) mass is 360 g/mol. The van der Waals surface area contributed by atoms with Crippen LogP contribution in [0, 0.1) is 0 Å². The highest BCUT2D eigenvalue weighted by molar-refractivity contribution is 9.11. The minimum Gasteiger partial charge on any atom is -0.352 e. The standard InChI is InChI=1S/C13H21BrN4OS/c1-13(2,3)18-11(19)8-17-12(15-4)16-7-9-5-6-10(14)20-9/h5-6H,7-8H2,1-4H3,(H,18,19)(H2,15,16,17). The highest BCUT2D eigenvalue weighted by Gasteiger charge is 2.13. The van der Waals surface area contributed by atoms with Crippen molar-refractivity contribution in [2.75, 3.05) is 13.6 Å². The number of nitrogens with zero attached hydrogens (tertiary/aromatic N) is 1. The highest BCUT2D eigenvalue weighted by atomic mass is 79.9. The molecule has 0 radical (unpaired) electrons. The zero-order valence-corrected chi connectivity index (χ0v) is 14.6. The molecule has 0 unspecified atom stereocenters. The van der Waals surface area contributed by atoms with Crippen LogP contribution in [0.25, 0.3) is 0 Å². The van der Waals surface area contributed by atoms with Crippen LogP contribution in [0.2, 0.25) is 0 Å². The zero-order chi connectivity index (χ0) is 15.2. The number of halogens is 1. The van der Waals surface area contributed by atoms with Gasteiger partial charge >= 0.3 is 0 Å². The first-order chi connectivity index (χ1) is 9.30. The maximum atomic E-state index is 11.7. The molecule has 0 bridgehead atoms. The van der Waals surface area contributed by atoms with E-state index in [-0.39, 0.29) is 18.0 Å². The summed E-state index contributed by atoms with van der Waals surface area (Å²) in [6, 6.07) is 4.05. The number of hydrogen-bond acceptors (Lipinski definition) is 3. The van der Waals surface area contributed by atoms with Crippen molar-refractivity contribution in [3.8, 4) is 0 Å². The van der Waals surface area contributed by atoms with Crippen molar-refractivity contribution in [3.63, 3.8) is 0 Å². The lowest BCUT2D eigenvalue weighted by Crippen LogP contribution is -2.48. The SMILES string of the molecule is CN=C(NCC(=O)NC(C)(C)C)NCc1ccc(Br)s1. The Morgan fingerprint density at radius 3 is 2.55 bits per heavy atom. The molecular weight excluding hydrogens is 340 g/mol. The van der Waals surface area contributed by atoms with Gasteiger partial charge in [0, 0.05) is 17.5 Å². The largest absolute Gasteiger partial charge is 0.352 e. The van der Waals surface area contributed by atoms with Gasteiger partial charge in [-0.25, -0.2) is 0 Å². The Morgan fingerprint density at radius 2 is 2.05 bits per heavy atom. The van der Waals surface area contributed by atoms with Crippen molar-refractivity contribution in [1.29, 1.82) is 0 Å². The summed E-state index contributed by atoms with van der Waals surface area (Å²) in [7, 11) is 1.68. The summed E-state index contributed by atoms with van der Waals surface area (Å²) in [6.45, 7) is 6.73. The van der Waals surface area contributed by atoms with Crippen LogP contribution in [0.5, 0.6) is 0 Å². The van der Waals surface area contributed by atoms with Gasteiger partial charge in [-0.15, -0.1) is 11.3 Å². The second-order valence-corrected chi connectivity index (χ2v) is 7.83. The van der Waals surface area contributed by atoms with Crippen LogP contribution < -0.4 is 16.0 Å². The molecule has 1 amide bonds. The van der Waals surface area contributed by atoms with Crippen LogP contribution in [-0.2, 0) is 11.3 Å². The van der Waals surface area contributed by atoms with E-state index in [1.54, 1.807) is 18.4 Å². The molecule has 1 aromatic heterocycles. The molecule has 0 fully saturated rings. The summed E-state index contributed by atoms with van der Waals surface area (Å²) >= 11 is 5.09. The van der Waals surface area contributed by atoms with E-state index in [2.05, 4.69) is 36.9 Å². The normalized spacial score (nSPS) is 12.2. The summed E-state index contributed by atoms with van der Waals surface area (Å²) in [5.41, 5.74) is -0.223. The van der Waals surface area contributed by atoms with E-state index in [0.29, 0.717) is 12.5 Å². The number of carbonyl (C=O) groups excluding carboxylic acids is 1. The van der Waals surface area contributed by atoms with E-state index >= 15 is 0 Å². The lowest BCUT2D eigenvalue weighted by molar-refractivity contribution is -0.121. The van der Waals surface area contributed by atoms with Gasteiger partial charge in [0.05, 0.1) is 16.9 Å². The fraction of sp³-hybridized carbons (Fsp3) is 0.538. The van der Waals surface area contributed by atoms with Crippen molar-refractivity contribution >= 4 is 39.1 Å². The van der Waals surface area contributed by atoms with Crippen LogP contribution in [0.3, 0.4) is 0 Å². The van der Waals surface area contributed by atoms with E-state index in [0.717, 1.165) is 3.79 Å². The maximum absolute atomic E-state index is 11.7. The molecule has 0 atom stereocenters. The molecule has 0 aliphatic heterocycles. The molecule has 0 saturated heterocycles. The molecular formula is C13H21BrN4OS. The van der Waals surface area contributed by atoms with E-state index in [9.17, 15) is 4.79 Å². The number of amides is 1. The molecule has 1 rings (SSSR count). The minimum absolute atomic E-state index is 0.0562. The quantitative estimate of drug-likeness (QED) is 0.568. The summed E-state index contributed by atoms with van der Waals surface area (Å²) < 4.78 is 1.10. The lowest BCUT2D eigenvalue weighted by Gasteiger charge is -2.21. The Morgan fingerprint density at radius 1 is 1.35 bits per heavy atom. The van der Waals surface area contributed by atoms with E-state index < -0.39 is 0 Å². The number of thiophene rings is 1. The Bertz CT molecular complexity index is 479. The first-order valence-electron chi connectivity index (χ1n) is 6.30. The van der Waals surface area contributed by atoms with Crippen LogP contribution in [0.15, 0.2) is 20.9 Å². The molecule has 0 aromatic carbocycles. The smallest absolute Gasteiger partial charge is 0.239 e. The van der Waals surface area contributed by atoms with Crippen LogP contribution >= 0.6 is 27.3 Å². The second kappa shape index (κ2) is 7.64. The minimum atomic E-state index is -0.223. The van der Waals surface area contributed by atoms with Gasteiger partial charge in [0.1, 0.15) is 0 Å². The van der Waals surface area contributed by atoms with Gasteiger partial charge in [-0.1, -0.05) is 0 Å². The number of aliphatic imine (C=N–C) groups is 1. The van der Waals surface area contributed by atoms with Crippen LogP contribution in [0.4, 0.5) is 0 Å². The number of hydrogen-bond donors (Lipinski definition) is 3. The molecule has 7 heteroatoms. The predicted octanol–water partition coefficient (Wildman–Crippen LogP) is 2.09. The number of carbonyl (C=O) groups is 1. The summed E-state index contributed by atoms with van der Waals surface area (Å²) in [5.74, 6) is 0.554. The Balaban J connectivity index is 2.35. The van der Waals surface area contributed by atoms with Crippen molar-refractivity contribution in [3.05, 3.63) is 20.8 Å². The molecule has 20 heavy (non-hydrogen) atoms. The number of rotatable bonds is 4. The van der Waals surface area contributed by atoms with Crippen LogP contribution in [0.1, 0.15) is 25.6 Å². The third-order valence-corrected chi connectivity index (χ3v) is 3.84. The van der Waals surface area contributed by atoms with E-state index in [4.69, 9.17) is 0 Å². The Hall–Kier alpha value is -1.08. The summed E-state index contributed by atoms with van der Waals surface area (Å²) in [6.07, 6.45) is 0. The maximum Gasteiger partial charge on any atom is 0.239 e. The molecule has 5 nitrogen and oxygen atoms in total. The molecule has 0 saturated carbocycles. The molecule has 0 aliphatic rings. The van der Waals surface area contributed by atoms with Crippen molar-refractivity contribution in [2.24, 2.45) is 4.99 Å². The van der Waals surface area contributed by atoms with Gasteiger partial charge in [0.2, 0.25) is 5.91 Å². The third-order valence-electron chi connectivity index (χ3n) is 2.21. The van der Waals surface area contributed by atoms with Crippen molar-refractivity contribution in [1.82, 2.24) is 16.0 Å². The van der Waals surface area contributed by atoms with E-state index in [1.807, 2.05) is 32.9 Å². The average molecular weight is 361 g/mol. The third kappa shape index (κ3) is 6.91. The number of guanidine groups is 1. The van der Waals surface area contributed by atoms with Gasteiger partial charge in [-0.05, 0) is 48.8 Å². The molecule has 1 aromatic rings. The fourth-order valence-corrected chi connectivity index (χ4v) is 2.89. The Labute approximate surface area is 132 Å². The number of nitrogens with one attached hydrogen (secondary N) is 3. The van der Waals surface area contributed by atoms with Gasteiger partial charge in [0.15, 0.2) is 5.96 Å². The second-order valence-electron chi connectivity index (χ2n) is 5.28. The zero-order valence-electron chi connectivity index (χ0n) is 12.2. The van der Waals surface area contributed by atoms with Gasteiger partial charge in [0.25, 0.3) is 0 Å². The molecule has 0 spiro atoms. The van der Waals surface area contributed by atoms with Crippen molar-refractivity contribution < 1.29 is 4.79 Å². The van der Waals surface area contributed by atoms with Crippen molar-refractivity contribution in [2.45, 2.75) is 32.9 Å². The van der Waals surface area contributed by atoms with Gasteiger partial charge < -0.3 is 16.0 Å².